The summed E-state index contributed by atoms with van der Waals surface area (Å²) in [4.78, 5) is 15.5. The van der Waals surface area contributed by atoms with E-state index in [9.17, 15) is 4.79 Å². The molecule has 0 fully saturated rings. The lowest BCUT2D eigenvalue weighted by molar-refractivity contribution is -0.143. The van der Waals surface area contributed by atoms with Gasteiger partial charge in [0.2, 0.25) is 5.13 Å². The zero-order valence-electron chi connectivity index (χ0n) is 9.11. The van der Waals surface area contributed by atoms with Crippen molar-refractivity contribution in [3.63, 3.8) is 0 Å². The molecule has 1 rings (SSSR count). The van der Waals surface area contributed by atoms with Crippen LogP contribution in [-0.2, 0) is 16.0 Å². The summed E-state index contributed by atoms with van der Waals surface area (Å²) in [7, 11) is 0. The van der Waals surface area contributed by atoms with Gasteiger partial charge in [0, 0.05) is 18.0 Å². The number of esters is 1. The summed E-state index contributed by atoms with van der Waals surface area (Å²) in [6, 6.07) is -0.386. The van der Waals surface area contributed by atoms with Gasteiger partial charge in [-0.1, -0.05) is 6.92 Å². The lowest BCUT2D eigenvalue weighted by Crippen LogP contribution is -2.28. The fraction of sp³-hybridized carbons (Fsp3) is 0.667. The third kappa shape index (κ3) is 3.47. The van der Waals surface area contributed by atoms with Gasteiger partial charge in [-0.3, -0.25) is 0 Å². The summed E-state index contributed by atoms with van der Waals surface area (Å²) in [5.41, 5.74) is 0. The van der Waals surface area contributed by atoms with Gasteiger partial charge in [-0.2, -0.15) is 4.37 Å². The fourth-order valence-corrected chi connectivity index (χ4v) is 1.71. The average Bonchev–Trinajstić information content (AvgIpc) is 2.66. The molecule has 1 aromatic heterocycles. The van der Waals surface area contributed by atoms with Gasteiger partial charge in [0.1, 0.15) is 11.9 Å². The number of ether oxygens (including phenoxy) is 1. The van der Waals surface area contributed by atoms with Crippen molar-refractivity contribution >= 4 is 22.6 Å². The predicted molar refractivity (Wildman–Crippen MR) is 59.0 cm³/mol. The highest BCUT2D eigenvalue weighted by Crippen LogP contribution is 2.12. The molecule has 84 valence electrons. The number of nitrogens with zero attached hydrogens (tertiary/aromatic N) is 2. The van der Waals surface area contributed by atoms with Crippen LogP contribution in [-0.4, -0.2) is 28.0 Å². The van der Waals surface area contributed by atoms with Crippen LogP contribution >= 0.6 is 11.5 Å². The van der Waals surface area contributed by atoms with Crippen LogP contribution in [0.3, 0.4) is 0 Å². The van der Waals surface area contributed by atoms with E-state index in [0.717, 1.165) is 12.2 Å². The molecule has 6 heteroatoms. The van der Waals surface area contributed by atoms with Crippen LogP contribution in [0.25, 0.3) is 0 Å². The molecule has 1 atom stereocenters. The Kier molecular flexibility index (Phi) is 4.48. The molecule has 0 aromatic carbocycles. The van der Waals surface area contributed by atoms with Gasteiger partial charge < -0.3 is 10.1 Å². The first-order chi connectivity index (χ1) is 7.17. The molecule has 15 heavy (non-hydrogen) atoms. The Balaban J connectivity index is 2.50. The second kappa shape index (κ2) is 5.65. The van der Waals surface area contributed by atoms with E-state index in [4.69, 9.17) is 4.74 Å². The molecular formula is C9H15N3O2S. The maximum atomic E-state index is 11.3. The van der Waals surface area contributed by atoms with Crippen molar-refractivity contribution in [2.24, 2.45) is 0 Å². The van der Waals surface area contributed by atoms with Crippen LogP contribution in [0.1, 0.15) is 26.6 Å². The van der Waals surface area contributed by atoms with Crippen molar-refractivity contribution in [2.75, 3.05) is 11.9 Å². The molecule has 1 aromatic rings. The van der Waals surface area contributed by atoms with Crippen molar-refractivity contribution in [1.82, 2.24) is 9.36 Å². The van der Waals surface area contributed by atoms with Crippen molar-refractivity contribution in [2.45, 2.75) is 33.2 Å². The van der Waals surface area contributed by atoms with Crippen LogP contribution in [0.2, 0.25) is 0 Å². The zero-order chi connectivity index (χ0) is 11.3. The van der Waals surface area contributed by atoms with E-state index in [1.165, 1.54) is 11.5 Å². The largest absolute Gasteiger partial charge is 0.464 e. The summed E-state index contributed by atoms with van der Waals surface area (Å²) in [5, 5.41) is 3.61. The standard InChI is InChI=1S/C9H15N3O2S/c1-4-7-11-9(15-12-7)10-6(3)8(13)14-5-2/h6H,4-5H2,1-3H3,(H,10,11,12). The fourth-order valence-electron chi connectivity index (χ4n) is 0.968. The summed E-state index contributed by atoms with van der Waals surface area (Å²) in [5.74, 6) is 0.518. The normalized spacial score (nSPS) is 12.2. The van der Waals surface area contributed by atoms with Gasteiger partial charge in [0.05, 0.1) is 6.61 Å². The molecule has 0 saturated heterocycles. The van der Waals surface area contributed by atoms with E-state index in [1.54, 1.807) is 13.8 Å². The zero-order valence-corrected chi connectivity index (χ0v) is 9.93. The maximum absolute atomic E-state index is 11.3. The number of nitrogens with one attached hydrogen (secondary N) is 1. The van der Waals surface area contributed by atoms with Gasteiger partial charge >= 0.3 is 5.97 Å². The molecule has 0 aliphatic rings. The van der Waals surface area contributed by atoms with Crippen molar-refractivity contribution < 1.29 is 9.53 Å². The number of carbonyl (C=O) groups is 1. The van der Waals surface area contributed by atoms with Crippen LogP contribution < -0.4 is 5.32 Å². The van der Waals surface area contributed by atoms with Crippen molar-refractivity contribution in [3.8, 4) is 0 Å². The second-order valence-corrected chi connectivity index (χ2v) is 3.74. The van der Waals surface area contributed by atoms with Gasteiger partial charge in [0.25, 0.3) is 0 Å². The van der Waals surface area contributed by atoms with E-state index < -0.39 is 0 Å². The number of hydrogen-bond donors (Lipinski definition) is 1. The monoisotopic (exact) mass is 229 g/mol. The minimum Gasteiger partial charge on any atom is -0.464 e. The Morgan fingerprint density at radius 3 is 2.87 bits per heavy atom. The highest BCUT2D eigenvalue weighted by Gasteiger charge is 2.15. The Morgan fingerprint density at radius 1 is 1.60 bits per heavy atom. The molecule has 0 aliphatic heterocycles. The molecule has 1 unspecified atom stereocenters. The van der Waals surface area contributed by atoms with Gasteiger partial charge in [0.15, 0.2) is 0 Å². The molecule has 0 amide bonds. The Hall–Kier alpha value is -1.17. The van der Waals surface area contributed by atoms with E-state index in [-0.39, 0.29) is 12.0 Å². The number of aromatic nitrogens is 2. The molecule has 1 N–H and O–H groups in total. The quantitative estimate of drug-likeness (QED) is 0.774. The van der Waals surface area contributed by atoms with Crippen LogP contribution in [0.4, 0.5) is 5.13 Å². The molecule has 5 nitrogen and oxygen atoms in total. The van der Waals surface area contributed by atoms with Crippen LogP contribution in [0.5, 0.6) is 0 Å². The minimum atomic E-state index is -0.386. The predicted octanol–water partition coefficient (Wildman–Crippen LogP) is 1.46. The first-order valence-corrected chi connectivity index (χ1v) is 5.70. The van der Waals surface area contributed by atoms with E-state index in [0.29, 0.717) is 11.7 Å². The van der Waals surface area contributed by atoms with E-state index in [2.05, 4.69) is 14.7 Å². The maximum Gasteiger partial charge on any atom is 0.328 e. The first kappa shape index (κ1) is 11.9. The molecule has 1 heterocycles. The molecule has 0 aliphatic carbocycles. The third-order valence-electron chi connectivity index (χ3n) is 1.76. The summed E-state index contributed by atoms with van der Waals surface area (Å²) in [6.07, 6.45) is 0.798. The Labute approximate surface area is 93.0 Å². The SMILES string of the molecule is CCOC(=O)C(C)Nc1nc(CC)ns1. The van der Waals surface area contributed by atoms with Gasteiger partial charge in [-0.05, 0) is 13.8 Å². The van der Waals surface area contributed by atoms with Crippen molar-refractivity contribution in [3.05, 3.63) is 5.82 Å². The highest BCUT2D eigenvalue weighted by atomic mass is 32.1. The first-order valence-electron chi connectivity index (χ1n) is 4.93. The number of carbonyl (C=O) groups excluding carboxylic acids is 1. The molecule has 0 radical (unpaired) electrons. The minimum absolute atomic E-state index is 0.272. The van der Waals surface area contributed by atoms with Crippen LogP contribution in [0, 0.1) is 0 Å². The smallest absolute Gasteiger partial charge is 0.328 e. The molecule has 0 saturated carbocycles. The van der Waals surface area contributed by atoms with Crippen molar-refractivity contribution in [1.29, 1.82) is 0 Å². The molecule has 0 bridgehead atoms. The average molecular weight is 229 g/mol. The summed E-state index contributed by atoms with van der Waals surface area (Å²) in [6.45, 7) is 5.90. The second-order valence-electron chi connectivity index (χ2n) is 2.99. The van der Waals surface area contributed by atoms with E-state index in [1.807, 2.05) is 6.92 Å². The highest BCUT2D eigenvalue weighted by molar-refractivity contribution is 7.09. The lowest BCUT2D eigenvalue weighted by atomic mass is 10.3. The number of hydrogen-bond acceptors (Lipinski definition) is 6. The Morgan fingerprint density at radius 2 is 2.33 bits per heavy atom. The summed E-state index contributed by atoms with van der Waals surface area (Å²) < 4.78 is 8.97. The topological polar surface area (TPSA) is 64.1 Å². The lowest BCUT2D eigenvalue weighted by Gasteiger charge is -2.10. The Bertz CT molecular complexity index is 327. The molecular weight excluding hydrogens is 214 g/mol. The van der Waals surface area contributed by atoms with E-state index >= 15 is 0 Å². The summed E-state index contributed by atoms with van der Waals surface area (Å²) >= 11 is 1.26. The van der Waals surface area contributed by atoms with Crippen LogP contribution in [0.15, 0.2) is 0 Å². The number of rotatable bonds is 5. The number of aryl methyl sites for hydroxylation is 1. The number of anilines is 1. The molecule has 0 spiro atoms. The van der Waals surface area contributed by atoms with Gasteiger partial charge in [-0.25, -0.2) is 9.78 Å². The van der Waals surface area contributed by atoms with Gasteiger partial charge in [-0.15, -0.1) is 0 Å². The third-order valence-corrected chi connectivity index (χ3v) is 2.45.